The van der Waals surface area contributed by atoms with E-state index in [1.165, 1.54) is 36.9 Å². The molecule has 0 saturated carbocycles. The molecular formula is C18H29ClN2. The van der Waals surface area contributed by atoms with E-state index < -0.39 is 0 Å². The fraction of sp³-hybridized carbons (Fsp3) is 0.667. The maximum absolute atomic E-state index is 6.57. The van der Waals surface area contributed by atoms with Crippen molar-refractivity contribution in [2.45, 2.75) is 71.5 Å². The van der Waals surface area contributed by atoms with Crippen LogP contribution in [0.15, 0.2) is 18.2 Å². The summed E-state index contributed by atoms with van der Waals surface area (Å²) >= 11 is 6.57. The van der Waals surface area contributed by atoms with Gasteiger partial charge in [-0.25, -0.2) is 0 Å². The van der Waals surface area contributed by atoms with E-state index in [1.54, 1.807) is 0 Å². The molecule has 1 unspecified atom stereocenters. The average molecular weight is 309 g/mol. The quantitative estimate of drug-likeness (QED) is 0.842. The molecule has 1 N–H and O–H groups in total. The second kappa shape index (κ2) is 7.02. The van der Waals surface area contributed by atoms with Crippen molar-refractivity contribution in [3.8, 4) is 0 Å². The van der Waals surface area contributed by atoms with E-state index in [2.05, 4.69) is 50.0 Å². The fourth-order valence-electron chi connectivity index (χ4n) is 3.10. The van der Waals surface area contributed by atoms with E-state index in [0.717, 1.165) is 18.1 Å². The fourth-order valence-corrected chi connectivity index (χ4v) is 3.41. The third-order valence-electron chi connectivity index (χ3n) is 4.27. The van der Waals surface area contributed by atoms with Crippen LogP contribution in [0.3, 0.4) is 0 Å². The molecule has 118 valence electrons. The van der Waals surface area contributed by atoms with Gasteiger partial charge in [-0.1, -0.05) is 30.7 Å². The summed E-state index contributed by atoms with van der Waals surface area (Å²) in [6.07, 6.45) is 5.09. The van der Waals surface area contributed by atoms with Crippen molar-refractivity contribution in [3.05, 3.63) is 28.8 Å². The number of benzene rings is 1. The Hall–Kier alpha value is -0.730. The Morgan fingerprint density at radius 1 is 1.29 bits per heavy atom. The van der Waals surface area contributed by atoms with Crippen molar-refractivity contribution in [2.75, 3.05) is 11.4 Å². The molecule has 1 saturated heterocycles. The minimum atomic E-state index is 0.117. The maximum atomic E-state index is 6.57. The van der Waals surface area contributed by atoms with E-state index in [0.29, 0.717) is 6.04 Å². The third kappa shape index (κ3) is 4.37. The lowest BCUT2D eigenvalue weighted by Gasteiger charge is -2.39. The van der Waals surface area contributed by atoms with Crippen LogP contribution in [0.5, 0.6) is 0 Å². The van der Waals surface area contributed by atoms with Crippen molar-refractivity contribution >= 4 is 17.3 Å². The first kappa shape index (κ1) is 16.6. The van der Waals surface area contributed by atoms with Crippen LogP contribution in [0.1, 0.15) is 58.9 Å². The highest BCUT2D eigenvalue weighted by atomic mass is 35.5. The number of para-hydroxylation sites is 1. The van der Waals surface area contributed by atoms with Gasteiger partial charge in [0.25, 0.3) is 0 Å². The molecular weight excluding hydrogens is 280 g/mol. The zero-order chi connectivity index (χ0) is 15.5. The number of hydrogen-bond donors (Lipinski definition) is 1. The molecule has 0 amide bonds. The minimum Gasteiger partial charge on any atom is -0.367 e. The summed E-state index contributed by atoms with van der Waals surface area (Å²) < 4.78 is 0. The Balaban J connectivity index is 2.28. The van der Waals surface area contributed by atoms with Crippen molar-refractivity contribution in [2.24, 2.45) is 0 Å². The van der Waals surface area contributed by atoms with Crippen molar-refractivity contribution < 1.29 is 0 Å². The summed E-state index contributed by atoms with van der Waals surface area (Å²) in [6.45, 7) is 10.9. The van der Waals surface area contributed by atoms with Gasteiger partial charge in [-0.3, -0.25) is 0 Å². The molecule has 1 aliphatic heterocycles. The molecule has 2 nitrogen and oxygen atoms in total. The van der Waals surface area contributed by atoms with Gasteiger partial charge in [-0.05, 0) is 58.1 Å². The first-order valence-corrected chi connectivity index (χ1v) is 8.59. The number of nitrogens with zero attached hydrogens (tertiary/aromatic N) is 1. The van der Waals surface area contributed by atoms with Gasteiger partial charge in [0, 0.05) is 24.7 Å². The molecule has 1 heterocycles. The Morgan fingerprint density at radius 2 is 2.05 bits per heavy atom. The summed E-state index contributed by atoms with van der Waals surface area (Å²) in [6, 6.07) is 6.93. The second-order valence-corrected chi connectivity index (χ2v) is 7.51. The molecule has 1 aromatic carbocycles. The molecule has 1 aliphatic rings. The number of anilines is 1. The Bertz CT molecular complexity index is 465. The van der Waals surface area contributed by atoms with Crippen LogP contribution < -0.4 is 10.2 Å². The van der Waals surface area contributed by atoms with Gasteiger partial charge in [-0.2, -0.15) is 0 Å². The van der Waals surface area contributed by atoms with Crippen molar-refractivity contribution in [1.82, 2.24) is 5.32 Å². The van der Waals surface area contributed by atoms with Gasteiger partial charge in [0.15, 0.2) is 0 Å². The standard InChI is InChI=1S/C18H29ClN2/c1-5-15-10-6-7-12-21(15)17-14(9-8-11-16(17)19)13-20-18(2,3)4/h8-9,11,15,20H,5-7,10,12-13H2,1-4H3. The van der Waals surface area contributed by atoms with Gasteiger partial charge in [0.1, 0.15) is 0 Å². The lowest BCUT2D eigenvalue weighted by Crippen LogP contribution is -2.41. The zero-order valence-electron chi connectivity index (χ0n) is 13.9. The van der Waals surface area contributed by atoms with E-state index in [9.17, 15) is 0 Å². The summed E-state index contributed by atoms with van der Waals surface area (Å²) in [5.41, 5.74) is 2.69. The molecule has 0 aromatic heterocycles. The van der Waals surface area contributed by atoms with Crippen LogP contribution in [0.25, 0.3) is 0 Å². The molecule has 1 aromatic rings. The van der Waals surface area contributed by atoms with Crippen molar-refractivity contribution in [3.63, 3.8) is 0 Å². The topological polar surface area (TPSA) is 15.3 Å². The van der Waals surface area contributed by atoms with E-state index in [4.69, 9.17) is 11.6 Å². The number of nitrogens with one attached hydrogen (secondary N) is 1. The van der Waals surface area contributed by atoms with Gasteiger partial charge in [0.2, 0.25) is 0 Å². The van der Waals surface area contributed by atoms with Crippen molar-refractivity contribution in [1.29, 1.82) is 0 Å². The smallest absolute Gasteiger partial charge is 0.0643 e. The Kier molecular flexibility index (Phi) is 5.56. The summed E-state index contributed by atoms with van der Waals surface area (Å²) in [5.74, 6) is 0. The average Bonchev–Trinajstić information content (AvgIpc) is 2.44. The number of rotatable bonds is 4. The SMILES string of the molecule is CCC1CCCCN1c1c(Cl)cccc1CNC(C)(C)C. The molecule has 21 heavy (non-hydrogen) atoms. The first-order chi connectivity index (χ1) is 9.92. The molecule has 0 bridgehead atoms. The molecule has 1 atom stereocenters. The third-order valence-corrected chi connectivity index (χ3v) is 4.57. The van der Waals surface area contributed by atoms with E-state index in [1.807, 2.05) is 6.07 Å². The van der Waals surface area contributed by atoms with Crippen LogP contribution in [-0.4, -0.2) is 18.1 Å². The predicted molar refractivity (Wildman–Crippen MR) is 93.3 cm³/mol. The van der Waals surface area contributed by atoms with E-state index in [-0.39, 0.29) is 5.54 Å². The normalized spacial score (nSPS) is 19.9. The summed E-state index contributed by atoms with van der Waals surface area (Å²) in [7, 11) is 0. The van der Waals surface area contributed by atoms with Crippen LogP contribution in [-0.2, 0) is 6.54 Å². The number of piperidine rings is 1. The zero-order valence-corrected chi connectivity index (χ0v) is 14.6. The predicted octanol–water partition coefficient (Wildman–Crippen LogP) is 5.00. The van der Waals surface area contributed by atoms with Gasteiger partial charge in [-0.15, -0.1) is 0 Å². The first-order valence-electron chi connectivity index (χ1n) is 8.21. The monoisotopic (exact) mass is 308 g/mol. The number of hydrogen-bond acceptors (Lipinski definition) is 2. The lowest BCUT2D eigenvalue weighted by atomic mass is 9.97. The molecule has 3 heteroatoms. The second-order valence-electron chi connectivity index (χ2n) is 7.10. The number of halogens is 1. The van der Waals surface area contributed by atoms with Gasteiger partial charge in [0.05, 0.1) is 10.7 Å². The highest BCUT2D eigenvalue weighted by molar-refractivity contribution is 6.33. The molecule has 0 spiro atoms. The molecule has 2 rings (SSSR count). The van der Waals surface area contributed by atoms with Crippen LogP contribution in [0.4, 0.5) is 5.69 Å². The Morgan fingerprint density at radius 3 is 2.71 bits per heavy atom. The largest absolute Gasteiger partial charge is 0.367 e. The highest BCUT2D eigenvalue weighted by Crippen LogP contribution is 2.35. The minimum absolute atomic E-state index is 0.117. The van der Waals surface area contributed by atoms with Crippen LogP contribution in [0.2, 0.25) is 5.02 Å². The van der Waals surface area contributed by atoms with Gasteiger partial charge < -0.3 is 10.2 Å². The van der Waals surface area contributed by atoms with Crippen LogP contribution in [0, 0.1) is 0 Å². The van der Waals surface area contributed by atoms with E-state index >= 15 is 0 Å². The summed E-state index contributed by atoms with van der Waals surface area (Å²) in [5, 5.41) is 4.48. The van der Waals surface area contributed by atoms with Gasteiger partial charge >= 0.3 is 0 Å². The highest BCUT2D eigenvalue weighted by Gasteiger charge is 2.25. The molecule has 0 radical (unpaired) electrons. The Labute approximate surface area is 134 Å². The summed E-state index contributed by atoms with van der Waals surface area (Å²) in [4.78, 5) is 2.55. The maximum Gasteiger partial charge on any atom is 0.0643 e. The van der Waals surface area contributed by atoms with Crippen LogP contribution >= 0.6 is 11.6 Å². The molecule has 0 aliphatic carbocycles. The molecule has 1 fully saturated rings. The lowest BCUT2D eigenvalue weighted by molar-refractivity contribution is 0.420.